The van der Waals surface area contributed by atoms with Crippen LogP contribution in [0, 0.1) is 0 Å². The molecule has 3 rings (SSSR count). The Labute approximate surface area is 181 Å². The summed E-state index contributed by atoms with van der Waals surface area (Å²) in [4.78, 5) is 9.17. The van der Waals surface area contributed by atoms with Gasteiger partial charge in [0.2, 0.25) is 0 Å². The summed E-state index contributed by atoms with van der Waals surface area (Å²) >= 11 is 0. The maximum atomic E-state index is 12.9. The lowest BCUT2D eigenvalue weighted by molar-refractivity contribution is -0.137. The van der Waals surface area contributed by atoms with E-state index in [0.29, 0.717) is 12.1 Å². The van der Waals surface area contributed by atoms with Crippen molar-refractivity contribution in [2.75, 3.05) is 39.3 Å². The highest BCUT2D eigenvalue weighted by Crippen LogP contribution is 2.29. The second kappa shape index (κ2) is 11.1. The van der Waals surface area contributed by atoms with Crippen LogP contribution in [0.3, 0.4) is 0 Å². The molecule has 0 bridgehead atoms. The first kappa shape index (κ1) is 23.1. The zero-order chi connectivity index (χ0) is 22.1. The van der Waals surface area contributed by atoms with Gasteiger partial charge in [-0.05, 0) is 31.4 Å². The fourth-order valence-electron chi connectivity index (χ4n) is 3.58. The van der Waals surface area contributed by atoms with Crippen LogP contribution in [-0.2, 0) is 19.3 Å². The van der Waals surface area contributed by atoms with Crippen LogP contribution in [0.1, 0.15) is 30.9 Å². The van der Waals surface area contributed by atoms with Crippen molar-refractivity contribution in [1.82, 2.24) is 29.9 Å². The van der Waals surface area contributed by atoms with Crippen molar-refractivity contribution in [2.24, 2.45) is 4.99 Å². The van der Waals surface area contributed by atoms with Crippen molar-refractivity contribution in [3.63, 3.8) is 0 Å². The van der Waals surface area contributed by atoms with Crippen molar-refractivity contribution in [2.45, 2.75) is 39.0 Å². The monoisotopic (exact) mass is 437 g/mol. The molecule has 170 valence electrons. The first-order valence-electron chi connectivity index (χ1n) is 10.7. The van der Waals surface area contributed by atoms with E-state index in [-0.39, 0.29) is 0 Å². The molecule has 1 saturated heterocycles. The van der Waals surface area contributed by atoms with Crippen LogP contribution < -0.4 is 5.32 Å². The Hall–Kier alpha value is -2.62. The van der Waals surface area contributed by atoms with Gasteiger partial charge < -0.3 is 14.8 Å². The van der Waals surface area contributed by atoms with Crippen molar-refractivity contribution >= 4 is 5.96 Å². The third kappa shape index (κ3) is 7.23. The molecule has 0 atom stereocenters. The lowest BCUT2D eigenvalue weighted by Gasteiger charge is -2.36. The number of aromatic nitrogens is 3. The summed E-state index contributed by atoms with van der Waals surface area (Å²) in [5, 5.41) is 10.9. The average Bonchev–Trinajstić information content (AvgIpc) is 3.27. The highest BCUT2D eigenvalue weighted by molar-refractivity contribution is 5.80. The lowest BCUT2D eigenvalue weighted by Crippen LogP contribution is -2.52. The van der Waals surface area contributed by atoms with Crippen LogP contribution in [0.15, 0.2) is 41.9 Å². The highest BCUT2D eigenvalue weighted by Gasteiger charge is 2.30. The molecule has 0 saturated carbocycles. The number of rotatable bonds is 8. The highest BCUT2D eigenvalue weighted by atomic mass is 19.4. The van der Waals surface area contributed by atoms with Gasteiger partial charge in [0.05, 0.1) is 5.56 Å². The summed E-state index contributed by atoms with van der Waals surface area (Å²) in [6, 6.07) is 5.60. The predicted molar refractivity (Wildman–Crippen MR) is 114 cm³/mol. The van der Waals surface area contributed by atoms with E-state index in [1.165, 1.54) is 12.1 Å². The largest absolute Gasteiger partial charge is 0.416 e. The number of aliphatic imine (C=N–C) groups is 1. The second-order valence-electron chi connectivity index (χ2n) is 7.60. The first-order valence-corrected chi connectivity index (χ1v) is 10.7. The van der Waals surface area contributed by atoms with Crippen LogP contribution in [0.5, 0.6) is 0 Å². The molecule has 0 radical (unpaired) electrons. The lowest BCUT2D eigenvalue weighted by atomic mass is 10.1. The minimum Gasteiger partial charge on any atom is -0.357 e. The molecule has 1 aromatic carbocycles. The smallest absolute Gasteiger partial charge is 0.357 e. The van der Waals surface area contributed by atoms with Gasteiger partial charge in [-0.15, -0.1) is 10.2 Å². The molecule has 0 aliphatic carbocycles. The van der Waals surface area contributed by atoms with Gasteiger partial charge in [-0.3, -0.25) is 9.89 Å². The van der Waals surface area contributed by atoms with Gasteiger partial charge in [0.25, 0.3) is 0 Å². The molecular formula is C21H30F3N7. The number of hydrogen-bond donors (Lipinski definition) is 1. The van der Waals surface area contributed by atoms with Crippen LogP contribution in [0.4, 0.5) is 13.2 Å². The molecule has 0 unspecified atom stereocenters. The third-order valence-corrected chi connectivity index (χ3v) is 5.22. The summed E-state index contributed by atoms with van der Waals surface area (Å²) in [6.07, 6.45) is 1.11. The second-order valence-corrected chi connectivity index (χ2v) is 7.60. The van der Waals surface area contributed by atoms with Crippen LogP contribution >= 0.6 is 0 Å². The molecular weight excluding hydrogens is 407 g/mol. The van der Waals surface area contributed by atoms with Gasteiger partial charge >= 0.3 is 6.18 Å². The van der Waals surface area contributed by atoms with E-state index in [1.807, 2.05) is 11.5 Å². The summed E-state index contributed by atoms with van der Waals surface area (Å²) < 4.78 is 40.8. The average molecular weight is 438 g/mol. The number of alkyl halides is 3. The number of nitrogens with zero attached hydrogens (tertiary/aromatic N) is 6. The fraction of sp³-hybridized carbons (Fsp3) is 0.571. The van der Waals surface area contributed by atoms with Gasteiger partial charge in [0.15, 0.2) is 5.96 Å². The third-order valence-electron chi connectivity index (χ3n) is 5.22. The van der Waals surface area contributed by atoms with Crippen molar-refractivity contribution < 1.29 is 13.2 Å². The van der Waals surface area contributed by atoms with Crippen LogP contribution in [-0.4, -0.2) is 69.8 Å². The minimum absolute atomic E-state index is 0.522. The standard InChI is InChI=1S/C21H30F3N7/c1-2-25-20(26-8-3-4-9-30-16-27-28-17-30)31-12-10-29(11-13-31)15-18-6-5-7-19(14-18)21(22,23)24/h5-7,14,16-17H,2-4,8-13,15H2,1H3,(H,25,26). The number of halogens is 3. The Morgan fingerprint density at radius 1 is 1.10 bits per heavy atom. The molecule has 0 amide bonds. The molecule has 1 N–H and O–H groups in total. The maximum Gasteiger partial charge on any atom is 0.416 e. The van der Waals surface area contributed by atoms with E-state index in [1.54, 1.807) is 18.7 Å². The van der Waals surface area contributed by atoms with E-state index < -0.39 is 11.7 Å². The van der Waals surface area contributed by atoms with Crippen molar-refractivity contribution in [3.8, 4) is 0 Å². The normalized spacial score (nSPS) is 16.0. The number of nitrogens with one attached hydrogen (secondary N) is 1. The SMILES string of the molecule is CCNC(=NCCCCn1cnnc1)N1CCN(Cc2cccc(C(F)(F)F)c2)CC1. The molecule has 2 heterocycles. The molecule has 7 nitrogen and oxygen atoms in total. The first-order chi connectivity index (χ1) is 15.0. The van der Waals surface area contributed by atoms with Crippen molar-refractivity contribution in [1.29, 1.82) is 0 Å². The number of unbranched alkanes of at least 4 members (excludes halogenated alkanes) is 1. The molecule has 10 heteroatoms. The molecule has 1 aliphatic rings. The van der Waals surface area contributed by atoms with E-state index >= 15 is 0 Å². The zero-order valence-corrected chi connectivity index (χ0v) is 17.9. The maximum absolute atomic E-state index is 12.9. The Kier molecular flexibility index (Phi) is 8.27. The Balaban J connectivity index is 1.46. The predicted octanol–water partition coefficient (Wildman–Crippen LogP) is 2.86. The molecule has 2 aromatic rings. The summed E-state index contributed by atoms with van der Waals surface area (Å²) in [5.74, 6) is 0.908. The summed E-state index contributed by atoms with van der Waals surface area (Å²) in [7, 11) is 0. The number of guanidine groups is 1. The number of piperazine rings is 1. The number of hydrogen-bond acceptors (Lipinski definition) is 4. The Morgan fingerprint density at radius 3 is 2.52 bits per heavy atom. The summed E-state index contributed by atoms with van der Waals surface area (Å²) in [6.45, 7) is 8.16. The molecule has 1 fully saturated rings. The van der Waals surface area contributed by atoms with E-state index in [0.717, 1.165) is 70.7 Å². The number of benzene rings is 1. The van der Waals surface area contributed by atoms with Crippen LogP contribution in [0.2, 0.25) is 0 Å². The van der Waals surface area contributed by atoms with Gasteiger partial charge in [-0.1, -0.05) is 18.2 Å². The van der Waals surface area contributed by atoms with Crippen LogP contribution in [0.25, 0.3) is 0 Å². The van der Waals surface area contributed by atoms with Crippen molar-refractivity contribution in [3.05, 3.63) is 48.0 Å². The number of aryl methyl sites for hydroxylation is 1. The quantitative estimate of drug-likeness (QED) is 0.391. The molecule has 31 heavy (non-hydrogen) atoms. The Morgan fingerprint density at radius 2 is 1.84 bits per heavy atom. The molecule has 0 spiro atoms. The van der Waals surface area contributed by atoms with E-state index in [4.69, 9.17) is 4.99 Å². The topological polar surface area (TPSA) is 61.6 Å². The van der Waals surface area contributed by atoms with Gasteiger partial charge in [0, 0.05) is 52.4 Å². The van der Waals surface area contributed by atoms with E-state index in [9.17, 15) is 13.2 Å². The van der Waals surface area contributed by atoms with Gasteiger partial charge in [0.1, 0.15) is 12.7 Å². The zero-order valence-electron chi connectivity index (χ0n) is 17.9. The Bertz CT molecular complexity index is 813. The fourth-order valence-corrected chi connectivity index (χ4v) is 3.58. The molecule has 1 aliphatic heterocycles. The molecule has 1 aromatic heterocycles. The van der Waals surface area contributed by atoms with Gasteiger partial charge in [-0.25, -0.2) is 0 Å². The summed E-state index contributed by atoms with van der Waals surface area (Å²) in [5.41, 5.74) is 0.103. The van der Waals surface area contributed by atoms with E-state index in [2.05, 4.69) is 25.3 Å². The van der Waals surface area contributed by atoms with Gasteiger partial charge in [-0.2, -0.15) is 13.2 Å². The minimum atomic E-state index is -4.30.